The van der Waals surface area contributed by atoms with E-state index in [1.165, 1.54) is 6.08 Å². The van der Waals surface area contributed by atoms with Crippen LogP contribution in [0, 0.1) is 0 Å². The van der Waals surface area contributed by atoms with E-state index >= 15 is 0 Å². The van der Waals surface area contributed by atoms with Crippen LogP contribution in [-0.2, 0) is 28.6 Å². The molecule has 0 bridgehead atoms. The molecular formula is C21H36O7. The Balaban J connectivity index is -0.000000336. The largest absolute Gasteiger partial charge is 0.463 e. The molecule has 28 heavy (non-hydrogen) atoms. The van der Waals surface area contributed by atoms with E-state index in [0.29, 0.717) is 17.8 Å². The van der Waals surface area contributed by atoms with Crippen LogP contribution in [0.2, 0.25) is 0 Å². The lowest BCUT2D eigenvalue weighted by atomic mass is 10.2. The predicted molar refractivity (Wildman–Crippen MR) is 110 cm³/mol. The van der Waals surface area contributed by atoms with Crippen molar-refractivity contribution in [1.82, 2.24) is 0 Å². The van der Waals surface area contributed by atoms with Gasteiger partial charge in [0, 0.05) is 17.2 Å². The topological polar surface area (TPSA) is 99.1 Å². The first kappa shape index (κ1) is 30.3. The number of hydrogen-bond acceptors (Lipinski definition) is 7. The van der Waals surface area contributed by atoms with E-state index in [-0.39, 0.29) is 25.2 Å². The highest BCUT2D eigenvalue weighted by atomic mass is 16.6. The SMILES string of the molecule is C=C(C)C(=O)OC(C)(C)C.C=C(C)C(=O)OCCO.C=CC(=O)OCCCC. The van der Waals surface area contributed by atoms with Crippen LogP contribution < -0.4 is 0 Å². The van der Waals surface area contributed by atoms with Crippen LogP contribution in [-0.4, -0.2) is 48.4 Å². The molecule has 0 heterocycles. The summed E-state index contributed by atoms with van der Waals surface area (Å²) < 4.78 is 14.1. The standard InChI is InChI=1S/C8H14O2.C7H12O2.C6H10O3/c1-6(2)7(9)10-8(3,4)5;1-3-5-6-9-7(8)4-2;1-5(2)6(8)9-4-3-7/h1H2,2-5H3;4H,2-3,5-6H2,1H3;7H,1,3-4H2,2H3. The fraction of sp³-hybridized carbons (Fsp3) is 0.571. The van der Waals surface area contributed by atoms with Gasteiger partial charge in [0.05, 0.1) is 13.2 Å². The van der Waals surface area contributed by atoms with Gasteiger partial charge in [-0.2, -0.15) is 0 Å². The number of hydrogen-bond donors (Lipinski definition) is 1. The molecule has 0 rings (SSSR count). The first-order valence-corrected chi connectivity index (χ1v) is 8.93. The Morgan fingerprint density at radius 3 is 1.75 bits per heavy atom. The van der Waals surface area contributed by atoms with E-state index < -0.39 is 11.6 Å². The molecule has 0 aliphatic rings. The van der Waals surface area contributed by atoms with Gasteiger partial charge in [0.1, 0.15) is 12.2 Å². The molecule has 0 fully saturated rings. The molecule has 0 aliphatic heterocycles. The average molecular weight is 401 g/mol. The van der Waals surface area contributed by atoms with Crippen molar-refractivity contribution in [3.8, 4) is 0 Å². The van der Waals surface area contributed by atoms with Crippen molar-refractivity contribution in [2.45, 2.75) is 60.0 Å². The third-order valence-electron chi connectivity index (χ3n) is 2.33. The van der Waals surface area contributed by atoms with Crippen LogP contribution in [0.5, 0.6) is 0 Å². The van der Waals surface area contributed by atoms with E-state index in [4.69, 9.17) is 9.84 Å². The summed E-state index contributed by atoms with van der Waals surface area (Å²) in [7, 11) is 0. The van der Waals surface area contributed by atoms with Gasteiger partial charge in [-0.1, -0.05) is 33.1 Å². The summed E-state index contributed by atoms with van der Waals surface area (Å²) in [6.45, 7) is 21.2. The average Bonchev–Trinajstić information content (AvgIpc) is 2.59. The summed E-state index contributed by atoms with van der Waals surface area (Å²) in [4.78, 5) is 31.7. The van der Waals surface area contributed by atoms with E-state index in [2.05, 4.69) is 29.2 Å². The second kappa shape index (κ2) is 18.0. The Hall–Kier alpha value is -2.41. The Morgan fingerprint density at radius 1 is 0.964 bits per heavy atom. The molecule has 0 saturated carbocycles. The molecular weight excluding hydrogens is 364 g/mol. The molecule has 0 atom stereocenters. The van der Waals surface area contributed by atoms with Crippen LogP contribution >= 0.6 is 0 Å². The van der Waals surface area contributed by atoms with E-state index in [0.717, 1.165) is 12.8 Å². The molecule has 0 aromatic heterocycles. The first-order valence-electron chi connectivity index (χ1n) is 8.93. The minimum Gasteiger partial charge on any atom is -0.463 e. The van der Waals surface area contributed by atoms with Crippen molar-refractivity contribution in [2.24, 2.45) is 0 Å². The molecule has 7 heteroatoms. The molecule has 0 saturated heterocycles. The van der Waals surface area contributed by atoms with Crippen molar-refractivity contribution in [3.63, 3.8) is 0 Å². The van der Waals surface area contributed by atoms with E-state index in [1.807, 2.05) is 27.7 Å². The van der Waals surface area contributed by atoms with Crippen LogP contribution in [0.25, 0.3) is 0 Å². The smallest absolute Gasteiger partial charge is 0.333 e. The van der Waals surface area contributed by atoms with Crippen LogP contribution in [0.3, 0.4) is 0 Å². The third kappa shape index (κ3) is 25.8. The Labute approximate surface area is 169 Å². The van der Waals surface area contributed by atoms with Crippen LogP contribution in [0.15, 0.2) is 37.0 Å². The second-order valence-electron chi connectivity index (χ2n) is 6.65. The van der Waals surface area contributed by atoms with Crippen molar-refractivity contribution < 1.29 is 33.7 Å². The Bertz CT molecular complexity index is 511. The fourth-order valence-electron chi connectivity index (χ4n) is 1.00. The Kier molecular flexibility index (Phi) is 19.5. The molecule has 162 valence electrons. The number of carbonyl (C=O) groups is 3. The van der Waals surface area contributed by atoms with Crippen molar-refractivity contribution in [2.75, 3.05) is 19.8 Å². The van der Waals surface area contributed by atoms with Gasteiger partial charge in [-0.15, -0.1) is 0 Å². The maximum absolute atomic E-state index is 10.8. The second-order valence-corrected chi connectivity index (χ2v) is 6.65. The molecule has 0 radical (unpaired) electrons. The number of esters is 3. The minimum atomic E-state index is -0.455. The van der Waals surface area contributed by atoms with Gasteiger partial charge >= 0.3 is 17.9 Å². The van der Waals surface area contributed by atoms with E-state index in [1.54, 1.807) is 13.8 Å². The first-order chi connectivity index (χ1) is 12.8. The third-order valence-corrected chi connectivity index (χ3v) is 2.33. The number of ether oxygens (including phenoxy) is 3. The molecule has 1 N–H and O–H groups in total. The summed E-state index contributed by atoms with van der Waals surface area (Å²) >= 11 is 0. The van der Waals surface area contributed by atoms with Gasteiger partial charge in [0.15, 0.2) is 0 Å². The van der Waals surface area contributed by atoms with Crippen molar-refractivity contribution in [1.29, 1.82) is 0 Å². The number of rotatable bonds is 8. The maximum Gasteiger partial charge on any atom is 0.333 e. The summed E-state index contributed by atoms with van der Waals surface area (Å²) in [6.07, 6.45) is 3.15. The quantitative estimate of drug-likeness (QED) is 0.288. The number of aliphatic hydroxyl groups is 1. The highest BCUT2D eigenvalue weighted by Crippen LogP contribution is 2.09. The normalized spacial score (nSPS) is 9.39. The van der Waals surface area contributed by atoms with Crippen LogP contribution in [0.1, 0.15) is 54.4 Å². The lowest BCUT2D eigenvalue weighted by Gasteiger charge is -2.19. The zero-order valence-electron chi connectivity index (χ0n) is 18.1. The van der Waals surface area contributed by atoms with Gasteiger partial charge in [-0.3, -0.25) is 0 Å². The van der Waals surface area contributed by atoms with Crippen molar-refractivity contribution >= 4 is 17.9 Å². The molecule has 0 amide bonds. The van der Waals surface area contributed by atoms with Gasteiger partial charge in [0.2, 0.25) is 0 Å². The Morgan fingerprint density at radius 2 is 1.46 bits per heavy atom. The monoisotopic (exact) mass is 400 g/mol. The molecule has 0 aromatic rings. The number of aliphatic hydroxyl groups excluding tert-OH is 1. The molecule has 0 aromatic carbocycles. The van der Waals surface area contributed by atoms with Gasteiger partial charge in [0.25, 0.3) is 0 Å². The predicted octanol–water partition coefficient (Wildman–Crippen LogP) is 3.52. The zero-order chi connectivity index (χ0) is 22.8. The molecule has 7 nitrogen and oxygen atoms in total. The lowest BCUT2D eigenvalue weighted by Crippen LogP contribution is -2.23. The summed E-state index contributed by atoms with van der Waals surface area (Å²) in [5, 5.41) is 8.19. The van der Waals surface area contributed by atoms with Crippen molar-refractivity contribution in [3.05, 3.63) is 37.0 Å². The highest BCUT2D eigenvalue weighted by Gasteiger charge is 2.15. The summed E-state index contributed by atoms with van der Waals surface area (Å²) in [6, 6.07) is 0. The number of carbonyl (C=O) groups excluding carboxylic acids is 3. The maximum atomic E-state index is 10.8. The van der Waals surface area contributed by atoms with Crippen LogP contribution in [0.4, 0.5) is 0 Å². The van der Waals surface area contributed by atoms with Gasteiger partial charge in [-0.05, 0) is 41.0 Å². The van der Waals surface area contributed by atoms with Gasteiger partial charge in [-0.25, -0.2) is 14.4 Å². The summed E-state index contributed by atoms with van der Waals surface area (Å²) in [5.74, 6) is -1.11. The summed E-state index contributed by atoms with van der Waals surface area (Å²) in [5.41, 5.74) is 0.383. The fourth-order valence-corrected chi connectivity index (χ4v) is 1.00. The van der Waals surface area contributed by atoms with Gasteiger partial charge < -0.3 is 19.3 Å². The minimum absolute atomic E-state index is 0.0473. The molecule has 0 unspecified atom stereocenters. The van der Waals surface area contributed by atoms with E-state index in [9.17, 15) is 14.4 Å². The molecule has 0 spiro atoms. The molecule has 0 aliphatic carbocycles. The zero-order valence-corrected chi connectivity index (χ0v) is 18.1. The lowest BCUT2D eigenvalue weighted by molar-refractivity contribution is -0.149. The number of unbranched alkanes of at least 4 members (excludes halogenated alkanes) is 1. The highest BCUT2D eigenvalue weighted by molar-refractivity contribution is 5.87.